The summed E-state index contributed by atoms with van der Waals surface area (Å²) in [6, 6.07) is 33.2. The Bertz CT molecular complexity index is 1050. The van der Waals surface area contributed by atoms with E-state index in [-0.39, 0.29) is 0 Å². The fraction of sp³-hybridized carbons (Fsp3) is 0.0833. The van der Waals surface area contributed by atoms with Crippen LogP contribution in [0.25, 0.3) is 0 Å². The highest BCUT2D eigenvalue weighted by Crippen LogP contribution is 2.51. The lowest BCUT2D eigenvalue weighted by molar-refractivity contribution is -0.165. The van der Waals surface area contributed by atoms with Gasteiger partial charge in [0.2, 0.25) is 6.29 Å². The molecule has 138 valence electrons. The predicted molar refractivity (Wildman–Crippen MR) is 121 cm³/mol. The highest BCUT2D eigenvalue weighted by Gasteiger charge is 2.46. The molecule has 0 aliphatic carbocycles. The molecule has 0 N–H and O–H groups in total. The summed E-state index contributed by atoms with van der Waals surface area (Å²) < 4.78 is 14.4. The number of para-hydroxylation sites is 1. The van der Waals surface area contributed by atoms with Crippen LogP contribution in [-0.4, -0.2) is 0 Å². The SMILES string of the molecule is Ic1ccc([C@H]2Oc3ccccc3C(c3ccccc3)(c3ccccc3)O2)s1. The monoisotopic (exact) mass is 496 g/mol. The third-order valence-electron chi connectivity index (χ3n) is 4.97. The van der Waals surface area contributed by atoms with Crippen LogP contribution in [0.3, 0.4) is 0 Å². The Morgan fingerprint density at radius 1 is 0.714 bits per heavy atom. The Labute approximate surface area is 181 Å². The molecule has 4 aromatic rings. The second-order valence-corrected chi connectivity index (χ2v) is 9.63. The van der Waals surface area contributed by atoms with E-state index in [9.17, 15) is 0 Å². The normalized spacial score (nSPS) is 17.5. The lowest BCUT2D eigenvalue weighted by Crippen LogP contribution is -2.39. The van der Waals surface area contributed by atoms with Gasteiger partial charge in [-0.05, 0) is 51.9 Å². The summed E-state index contributed by atoms with van der Waals surface area (Å²) in [6.07, 6.45) is -0.469. The first kappa shape index (κ1) is 17.9. The summed E-state index contributed by atoms with van der Waals surface area (Å²) in [5.41, 5.74) is 2.47. The van der Waals surface area contributed by atoms with Crippen molar-refractivity contribution in [3.63, 3.8) is 0 Å². The van der Waals surface area contributed by atoms with Crippen LogP contribution in [0.1, 0.15) is 27.9 Å². The van der Waals surface area contributed by atoms with Gasteiger partial charge in [-0.1, -0.05) is 78.9 Å². The van der Waals surface area contributed by atoms with Crippen molar-refractivity contribution in [3.05, 3.63) is 122 Å². The molecule has 5 rings (SSSR count). The van der Waals surface area contributed by atoms with Gasteiger partial charge in [-0.15, -0.1) is 11.3 Å². The highest BCUT2D eigenvalue weighted by atomic mass is 127. The van der Waals surface area contributed by atoms with Gasteiger partial charge in [0.05, 0.1) is 7.76 Å². The zero-order valence-electron chi connectivity index (χ0n) is 14.9. The summed E-state index contributed by atoms with van der Waals surface area (Å²) in [5, 5.41) is 0. The van der Waals surface area contributed by atoms with Gasteiger partial charge in [0.15, 0.2) is 5.60 Å². The minimum absolute atomic E-state index is 0.469. The average molecular weight is 496 g/mol. The van der Waals surface area contributed by atoms with Crippen LogP contribution in [0.2, 0.25) is 0 Å². The summed E-state index contributed by atoms with van der Waals surface area (Å²) in [4.78, 5) is 1.06. The van der Waals surface area contributed by atoms with Crippen molar-refractivity contribution in [1.82, 2.24) is 0 Å². The van der Waals surface area contributed by atoms with Crippen LogP contribution < -0.4 is 4.74 Å². The van der Waals surface area contributed by atoms with Crippen LogP contribution >= 0.6 is 33.9 Å². The van der Waals surface area contributed by atoms with Crippen LogP contribution in [0.4, 0.5) is 0 Å². The lowest BCUT2D eigenvalue weighted by atomic mass is 9.79. The molecule has 1 aliphatic rings. The minimum atomic E-state index is -0.739. The number of thiophene rings is 1. The minimum Gasteiger partial charge on any atom is -0.459 e. The van der Waals surface area contributed by atoms with Gasteiger partial charge < -0.3 is 9.47 Å². The van der Waals surface area contributed by atoms with E-state index in [0.29, 0.717) is 0 Å². The molecule has 0 bridgehead atoms. The molecule has 1 atom stereocenters. The first-order chi connectivity index (χ1) is 13.8. The third-order valence-corrected chi connectivity index (χ3v) is 6.89. The Kier molecular flexibility index (Phi) is 4.70. The number of ether oxygens (including phenoxy) is 2. The molecule has 3 aromatic carbocycles. The Hall–Kier alpha value is -2.15. The largest absolute Gasteiger partial charge is 0.459 e. The number of hydrogen-bond donors (Lipinski definition) is 0. The molecule has 0 amide bonds. The molecule has 28 heavy (non-hydrogen) atoms. The molecule has 1 aliphatic heterocycles. The van der Waals surface area contributed by atoms with Crippen molar-refractivity contribution >= 4 is 33.9 Å². The average Bonchev–Trinajstić information content (AvgIpc) is 3.20. The molecule has 2 nitrogen and oxygen atoms in total. The van der Waals surface area contributed by atoms with E-state index >= 15 is 0 Å². The molecule has 0 saturated heterocycles. The van der Waals surface area contributed by atoms with E-state index in [1.807, 2.05) is 30.3 Å². The van der Waals surface area contributed by atoms with Crippen LogP contribution in [-0.2, 0) is 10.3 Å². The first-order valence-corrected chi connectivity index (χ1v) is 11.0. The quantitative estimate of drug-likeness (QED) is 0.292. The summed E-state index contributed by atoms with van der Waals surface area (Å²) in [5.74, 6) is 0.856. The highest BCUT2D eigenvalue weighted by molar-refractivity contribution is 14.1. The topological polar surface area (TPSA) is 18.5 Å². The summed E-state index contributed by atoms with van der Waals surface area (Å²) in [7, 11) is 0. The van der Waals surface area contributed by atoms with Gasteiger partial charge in [0, 0.05) is 5.56 Å². The number of halogens is 1. The zero-order valence-corrected chi connectivity index (χ0v) is 17.9. The second kappa shape index (κ2) is 7.35. The van der Waals surface area contributed by atoms with E-state index in [1.165, 1.54) is 2.88 Å². The Morgan fingerprint density at radius 2 is 1.32 bits per heavy atom. The molecule has 0 radical (unpaired) electrons. The van der Waals surface area contributed by atoms with Crippen LogP contribution in [0.15, 0.2) is 97.1 Å². The van der Waals surface area contributed by atoms with Crippen molar-refractivity contribution in [2.45, 2.75) is 11.9 Å². The van der Waals surface area contributed by atoms with Crippen molar-refractivity contribution in [2.75, 3.05) is 0 Å². The molecule has 4 heteroatoms. The van der Waals surface area contributed by atoms with Gasteiger partial charge in [0.1, 0.15) is 5.75 Å². The number of hydrogen-bond acceptors (Lipinski definition) is 3. The van der Waals surface area contributed by atoms with E-state index in [0.717, 1.165) is 27.3 Å². The number of benzene rings is 3. The Balaban J connectivity index is 1.78. The van der Waals surface area contributed by atoms with E-state index in [4.69, 9.17) is 9.47 Å². The van der Waals surface area contributed by atoms with Crippen molar-refractivity contribution < 1.29 is 9.47 Å². The molecular formula is C24H17IO2S. The second-order valence-electron chi connectivity index (χ2n) is 6.62. The van der Waals surface area contributed by atoms with Crippen molar-refractivity contribution in [3.8, 4) is 5.75 Å². The van der Waals surface area contributed by atoms with E-state index < -0.39 is 11.9 Å². The van der Waals surface area contributed by atoms with Crippen LogP contribution in [0, 0.1) is 2.88 Å². The smallest absolute Gasteiger partial charge is 0.237 e. The third kappa shape index (κ3) is 2.96. The molecule has 0 unspecified atom stereocenters. The molecule has 2 heterocycles. The fourth-order valence-electron chi connectivity index (χ4n) is 3.75. The summed E-state index contributed by atoms with van der Waals surface area (Å²) >= 11 is 4.03. The standard InChI is InChI=1S/C24H17IO2S/c25-22-16-15-21(28-22)23-26-20-14-8-7-13-19(20)24(27-23,17-9-3-1-4-10-17)18-11-5-2-6-12-18/h1-16,23H/t23-/m0/s1. The summed E-state index contributed by atoms with van der Waals surface area (Å²) in [6.45, 7) is 0. The maximum absolute atomic E-state index is 6.86. The Morgan fingerprint density at radius 3 is 1.93 bits per heavy atom. The molecule has 0 saturated carbocycles. The van der Waals surface area contributed by atoms with E-state index in [2.05, 4.69) is 89.3 Å². The molecular weight excluding hydrogens is 479 g/mol. The maximum atomic E-state index is 6.86. The molecule has 1 aromatic heterocycles. The number of rotatable bonds is 3. The predicted octanol–water partition coefficient (Wildman–Crippen LogP) is 6.75. The fourth-order valence-corrected chi connectivity index (χ4v) is 5.39. The number of fused-ring (bicyclic) bond motifs is 1. The lowest BCUT2D eigenvalue weighted by Gasteiger charge is -2.43. The van der Waals surface area contributed by atoms with Gasteiger partial charge in [-0.25, -0.2) is 0 Å². The first-order valence-electron chi connectivity index (χ1n) is 9.07. The molecule has 0 fully saturated rings. The maximum Gasteiger partial charge on any atom is 0.237 e. The van der Waals surface area contributed by atoms with Crippen molar-refractivity contribution in [2.24, 2.45) is 0 Å². The van der Waals surface area contributed by atoms with Gasteiger partial charge in [0.25, 0.3) is 0 Å². The van der Waals surface area contributed by atoms with Crippen molar-refractivity contribution in [1.29, 1.82) is 0 Å². The van der Waals surface area contributed by atoms with Gasteiger partial charge >= 0.3 is 0 Å². The van der Waals surface area contributed by atoms with Gasteiger partial charge in [-0.2, -0.15) is 0 Å². The van der Waals surface area contributed by atoms with Gasteiger partial charge in [-0.3, -0.25) is 0 Å². The zero-order chi connectivity index (χ0) is 19.0. The molecule has 0 spiro atoms. The van der Waals surface area contributed by atoms with Crippen LogP contribution in [0.5, 0.6) is 5.75 Å². The van der Waals surface area contributed by atoms with E-state index in [1.54, 1.807) is 11.3 Å².